The molecular formula is C12H15F2NO2. The van der Waals surface area contributed by atoms with Gasteiger partial charge >= 0.3 is 5.97 Å². The number of hydrogen-bond acceptors (Lipinski definition) is 3. The highest BCUT2D eigenvalue weighted by molar-refractivity contribution is 5.71. The maximum absolute atomic E-state index is 12.9. The summed E-state index contributed by atoms with van der Waals surface area (Å²) in [4.78, 5) is 12.8. The standard InChI is InChI=1S/C12H15F2NO2/c1-3-17-12(16)8-15(2)7-9-4-5-10(13)11(14)6-9/h4-6H,3,7-8H2,1-2H3. The van der Waals surface area contributed by atoms with Gasteiger partial charge in [0.1, 0.15) is 0 Å². The zero-order valence-corrected chi connectivity index (χ0v) is 9.87. The van der Waals surface area contributed by atoms with Crippen molar-refractivity contribution < 1.29 is 18.3 Å². The fourth-order valence-corrected chi connectivity index (χ4v) is 1.43. The van der Waals surface area contributed by atoms with E-state index in [2.05, 4.69) is 0 Å². The molecule has 3 nitrogen and oxygen atoms in total. The van der Waals surface area contributed by atoms with E-state index in [0.29, 0.717) is 18.7 Å². The third kappa shape index (κ3) is 4.48. The number of esters is 1. The summed E-state index contributed by atoms with van der Waals surface area (Å²) in [5.41, 5.74) is 0.607. The summed E-state index contributed by atoms with van der Waals surface area (Å²) in [6, 6.07) is 3.68. The molecule has 0 radical (unpaired) electrons. The Kier molecular flexibility index (Phi) is 5.03. The summed E-state index contributed by atoms with van der Waals surface area (Å²) in [5.74, 6) is -2.09. The van der Waals surface area contributed by atoms with Crippen LogP contribution in [0.5, 0.6) is 0 Å². The van der Waals surface area contributed by atoms with Gasteiger partial charge in [0.05, 0.1) is 13.2 Å². The molecule has 0 N–H and O–H groups in total. The van der Waals surface area contributed by atoms with Crippen molar-refractivity contribution >= 4 is 5.97 Å². The second-order valence-electron chi connectivity index (χ2n) is 3.73. The molecule has 0 aliphatic heterocycles. The summed E-state index contributed by atoms with van der Waals surface area (Å²) >= 11 is 0. The Hall–Kier alpha value is -1.49. The van der Waals surface area contributed by atoms with E-state index in [1.54, 1.807) is 18.9 Å². The predicted octanol–water partition coefficient (Wildman–Crippen LogP) is 1.96. The number of rotatable bonds is 5. The molecule has 0 heterocycles. The fraction of sp³-hybridized carbons (Fsp3) is 0.417. The van der Waals surface area contributed by atoms with Crippen molar-refractivity contribution in [3.8, 4) is 0 Å². The maximum atomic E-state index is 12.9. The number of hydrogen-bond donors (Lipinski definition) is 0. The molecule has 17 heavy (non-hydrogen) atoms. The van der Waals surface area contributed by atoms with Gasteiger partial charge in [-0.15, -0.1) is 0 Å². The minimum absolute atomic E-state index is 0.118. The van der Waals surface area contributed by atoms with Gasteiger partial charge in [0.15, 0.2) is 11.6 Å². The largest absolute Gasteiger partial charge is 0.465 e. The van der Waals surface area contributed by atoms with Crippen LogP contribution >= 0.6 is 0 Å². The molecule has 0 saturated carbocycles. The summed E-state index contributed by atoms with van der Waals surface area (Å²) in [6.45, 7) is 2.54. The van der Waals surface area contributed by atoms with Crippen LogP contribution in [0.15, 0.2) is 18.2 Å². The Morgan fingerprint density at radius 2 is 2.06 bits per heavy atom. The van der Waals surface area contributed by atoms with E-state index in [4.69, 9.17) is 4.74 Å². The van der Waals surface area contributed by atoms with Crippen LogP contribution in [0.1, 0.15) is 12.5 Å². The van der Waals surface area contributed by atoms with Crippen LogP contribution < -0.4 is 0 Å². The van der Waals surface area contributed by atoms with Crippen molar-refractivity contribution in [2.24, 2.45) is 0 Å². The van der Waals surface area contributed by atoms with Gasteiger partial charge in [-0.25, -0.2) is 8.78 Å². The average Bonchev–Trinajstić information content (AvgIpc) is 2.23. The van der Waals surface area contributed by atoms with E-state index < -0.39 is 11.6 Å². The van der Waals surface area contributed by atoms with Gasteiger partial charge in [-0.1, -0.05) is 6.07 Å². The lowest BCUT2D eigenvalue weighted by Crippen LogP contribution is -2.27. The molecule has 94 valence electrons. The van der Waals surface area contributed by atoms with Gasteiger partial charge < -0.3 is 4.74 Å². The Labute approximate surface area is 99.0 Å². The Morgan fingerprint density at radius 1 is 1.35 bits per heavy atom. The molecule has 0 fully saturated rings. The van der Waals surface area contributed by atoms with Crippen LogP contribution in [0.2, 0.25) is 0 Å². The second-order valence-corrected chi connectivity index (χ2v) is 3.73. The van der Waals surface area contributed by atoms with Crippen molar-refractivity contribution in [2.75, 3.05) is 20.2 Å². The lowest BCUT2D eigenvalue weighted by atomic mass is 10.2. The number of nitrogens with zero attached hydrogens (tertiary/aromatic N) is 1. The number of halogens is 2. The number of benzene rings is 1. The van der Waals surface area contributed by atoms with E-state index in [-0.39, 0.29) is 12.5 Å². The SMILES string of the molecule is CCOC(=O)CN(C)Cc1ccc(F)c(F)c1. The summed E-state index contributed by atoms with van der Waals surface area (Å²) in [5, 5.41) is 0. The Balaban J connectivity index is 2.53. The molecule has 1 aromatic carbocycles. The smallest absolute Gasteiger partial charge is 0.320 e. The van der Waals surface area contributed by atoms with Crippen molar-refractivity contribution in [1.29, 1.82) is 0 Å². The third-order valence-corrected chi connectivity index (χ3v) is 2.14. The van der Waals surface area contributed by atoms with Crippen molar-refractivity contribution in [3.05, 3.63) is 35.4 Å². The molecule has 0 unspecified atom stereocenters. The van der Waals surface area contributed by atoms with Crippen molar-refractivity contribution in [1.82, 2.24) is 4.90 Å². The minimum Gasteiger partial charge on any atom is -0.465 e. The van der Waals surface area contributed by atoms with Crippen LogP contribution in [-0.4, -0.2) is 31.1 Å². The summed E-state index contributed by atoms with van der Waals surface area (Å²) in [7, 11) is 1.71. The molecule has 0 aliphatic rings. The van der Waals surface area contributed by atoms with Gasteiger partial charge in [0.2, 0.25) is 0 Å². The van der Waals surface area contributed by atoms with Gasteiger partial charge in [0.25, 0.3) is 0 Å². The lowest BCUT2D eigenvalue weighted by Gasteiger charge is -2.15. The van der Waals surface area contributed by atoms with Crippen LogP contribution in [0.25, 0.3) is 0 Å². The van der Waals surface area contributed by atoms with Gasteiger partial charge in [-0.05, 0) is 31.7 Å². The minimum atomic E-state index is -0.882. The van der Waals surface area contributed by atoms with Gasteiger partial charge in [-0.2, -0.15) is 0 Å². The highest BCUT2D eigenvalue weighted by atomic mass is 19.2. The molecule has 5 heteroatoms. The number of likely N-dealkylation sites (N-methyl/N-ethyl adjacent to an activating group) is 1. The van der Waals surface area contributed by atoms with Crippen LogP contribution in [0.4, 0.5) is 8.78 Å². The molecule has 0 aromatic heterocycles. The third-order valence-electron chi connectivity index (χ3n) is 2.14. The molecule has 0 bridgehead atoms. The van der Waals surface area contributed by atoms with Gasteiger partial charge in [-0.3, -0.25) is 9.69 Å². The van der Waals surface area contributed by atoms with Crippen molar-refractivity contribution in [2.45, 2.75) is 13.5 Å². The number of carbonyl (C=O) groups excluding carboxylic acids is 1. The van der Waals surface area contributed by atoms with E-state index in [9.17, 15) is 13.6 Å². The molecular weight excluding hydrogens is 228 g/mol. The first-order valence-electron chi connectivity index (χ1n) is 5.31. The molecule has 0 saturated heterocycles. The quantitative estimate of drug-likeness (QED) is 0.740. The molecule has 0 amide bonds. The number of ether oxygens (including phenoxy) is 1. The van der Waals surface area contributed by atoms with Crippen LogP contribution in [0, 0.1) is 11.6 Å². The highest BCUT2D eigenvalue weighted by Gasteiger charge is 2.09. The molecule has 0 spiro atoms. The van der Waals surface area contributed by atoms with E-state index in [0.717, 1.165) is 12.1 Å². The zero-order valence-electron chi connectivity index (χ0n) is 9.87. The lowest BCUT2D eigenvalue weighted by molar-refractivity contribution is -0.144. The van der Waals surface area contributed by atoms with E-state index in [1.807, 2.05) is 0 Å². The molecule has 1 rings (SSSR count). The zero-order chi connectivity index (χ0) is 12.8. The summed E-state index contributed by atoms with van der Waals surface area (Å²) in [6.07, 6.45) is 0. The van der Waals surface area contributed by atoms with E-state index >= 15 is 0 Å². The Bertz CT molecular complexity index is 396. The van der Waals surface area contributed by atoms with Crippen molar-refractivity contribution in [3.63, 3.8) is 0 Å². The monoisotopic (exact) mass is 243 g/mol. The summed E-state index contributed by atoms with van der Waals surface area (Å²) < 4.78 is 30.4. The Morgan fingerprint density at radius 3 is 2.65 bits per heavy atom. The van der Waals surface area contributed by atoms with E-state index in [1.165, 1.54) is 6.07 Å². The molecule has 0 atom stereocenters. The first kappa shape index (κ1) is 13.6. The van der Waals surface area contributed by atoms with Crippen LogP contribution in [-0.2, 0) is 16.1 Å². The fourth-order valence-electron chi connectivity index (χ4n) is 1.43. The predicted molar refractivity (Wildman–Crippen MR) is 59.3 cm³/mol. The molecule has 1 aromatic rings. The molecule has 0 aliphatic carbocycles. The maximum Gasteiger partial charge on any atom is 0.320 e. The first-order chi connectivity index (χ1) is 8.02. The normalized spacial score (nSPS) is 10.6. The first-order valence-corrected chi connectivity index (χ1v) is 5.31. The second kappa shape index (κ2) is 6.30. The topological polar surface area (TPSA) is 29.5 Å². The van der Waals surface area contributed by atoms with Gasteiger partial charge in [0, 0.05) is 6.54 Å². The average molecular weight is 243 g/mol. The number of carbonyl (C=O) groups is 1. The van der Waals surface area contributed by atoms with Crippen LogP contribution in [0.3, 0.4) is 0 Å². The highest BCUT2D eigenvalue weighted by Crippen LogP contribution is 2.10.